The Labute approximate surface area is 104 Å². The molecule has 0 aromatic rings. The van der Waals surface area contributed by atoms with Crippen LogP contribution in [-0.4, -0.2) is 56.0 Å². The van der Waals surface area contributed by atoms with Crippen LogP contribution in [0.4, 0.5) is 4.79 Å². The van der Waals surface area contributed by atoms with Gasteiger partial charge >= 0.3 is 6.09 Å². The molecule has 102 valence electrons. The Morgan fingerprint density at radius 1 is 1.29 bits per heavy atom. The molecule has 5 nitrogen and oxygen atoms in total. The maximum Gasteiger partial charge on any atom is 0.407 e. The number of hydrogen-bond donors (Lipinski definition) is 2. The summed E-state index contributed by atoms with van der Waals surface area (Å²) >= 11 is 0. The molecule has 0 bridgehead atoms. The summed E-state index contributed by atoms with van der Waals surface area (Å²) in [6, 6.07) is 0. The molecule has 0 unspecified atom stereocenters. The van der Waals surface area contributed by atoms with Gasteiger partial charge in [0.05, 0.1) is 6.61 Å². The number of ether oxygens (including phenoxy) is 1. The Bertz CT molecular complexity index is 189. The average Bonchev–Trinajstić information content (AvgIpc) is 2.29. The maximum absolute atomic E-state index is 11.2. The topological polar surface area (TPSA) is 61.8 Å². The first-order valence-corrected chi connectivity index (χ1v) is 6.40. The second kappa shape index (κ2) is 11.7. The van der Waals surface area contributed by atoms with E-state index >= 15 is 0 Å². The monoisotopic (exact) mass is 246 g/mol. The lowest BCUT2D eigenvalue weighted by Gasteiger charge is -2.14. The highest BCUT2D eigenvalue weighted by Crippen LogP contribution is 1.97. The zero-order valence-corrected chi connectivity index (χ0v) is 11.1. The number of likely N-dealkylation sites (N-methyl/N-ethyl adjacent to an activating group) is 1. The molecule has 0 saturated heterocycles. The number of nitrogens with one attached hydrogen (secondary N) is 1. The third-order valence-electron chi connectivity index (χ3n) is 2.49. The van der Waals surface area contributed by atoms with E-state index in [-0.39, 0.29) is 12.7 Å². The van der Waals surface area contributed by atoms with Gasteiger partial charge in [0, 0.05) is 19.6 Å². The number of nitrogens with zero attached hydrogens (tertiary/aromatic N) is 1. The van der Waals surface area contributed by atoms with Crippen LogP contribution in [0, 0.1) is 0 Å². The Morgan fingerprint density at radius 2 is 2.06 bits per heavy atom. The fourth-order valence-electron chi connectivity index (χ4n) is 1.37. The third kappa shape index (κ3) is 11.5. The van der Waals surface area contributed by atoms with Gasteiger partial charge in [-0.05, 0) is 13.5 Å². The second-order valence-electron chi connectivity index (χ2n) is 4.15. The number of amides is 1. The van der Waals surface area contributed by atoms with Gasteiger partial charge in [-0.1, -0.05) is 26.2 Å². The number of aliphatic hydroxyl groups excluding tert-OH is 1. The molecule has 0 saturated carbocycles. The first-order chi connectivity index (χ1) is 8.20. The summed E-state index contributed by atoms with van der Waals surface area (Å²) < 4.78 is 4.99. The number of alkyl carbamates (subject to hydrolysis) is 1. The van der Waals surface area contributed by atoms with Crippen molar-refractivity contribution in [2.75, 3.05) is 39.9 Å². The highest BCUT2D eigenvalue weighted by atomic mass is 16.5. The minimum absolute atomic E-state index is 0.125. The Morgan fingerprint density at radius 3 is 2.71 bits per heavy atom. The number of rotatable bonds is 10. The number of aliphatic hydroxyl groups is 1. The fraction of sp³-hybridized carbons (Fsp3) is 0.917. The van der Waals surface area contributed by atoms with Crippen LogP contribution in [0.3, 0.4) is 0 Å². The summed E-state index contributed by atoms with van der Waals surface area (Å²) in [6.45, 7) is 4.57. The summed E-state index contributed by atoms with van der Waals surface area (Å²) in [4.78, 5) is 13.1. The van der Waals surface area contributed by atoms with Crippen LogP contribution in [0.1, 0.15) is 32.6 Å². The lowest BCUT2D eigenvalue weighted by Crippen LogP contribution is -2.30. The van der Waals surface area contributed by atoms with Crippen LogP contribution in [0.25, 0.3) is 0 Å². The van der Waals surface area contributed by atoms with E-state index in [0.29, 0.717) is 26.2 Å². The van der Waals surface area contributed by atoms with Crippen molar-refractivity contribution >= 4 is 6.09 Å². The van der Waals surface area contributed by atoms with Gasteiger partial charge in [0.1, 0.15) is 6.61 Å². The molecule has 0 aromatic carbocycles. The third-order valence-corrected chi connectivity index (χ3v) is 2.49. The molecular weight excluding hydrogens is 220 g/mol. The number of carbonyl (C=O) groups is 1. The van der Waals surface area contributed by atoms with Gasteiger partial charge in [-0.2, -0.15) is 0 Å². The van der Waals surface area contributed by atoms with E-state index in [0.717, 1.165) is 12.8 Å². The molecule has 1 amide bonds. The van der Waals surface area contributed by atoms with Gasteiger partial charge in [0.15, 0.2) is 0 Å². The normalized spacial score (nSPS) is 10.6. The molecule has 0 aliphatic carbocycles. The molecule has 0 fully saturated rings. The number of carbonyl (C=O) groups excluding carboxylic acids is 1. The highest BCUT2D eigenvalue weighted by Gasteiger charge is 2.02. The van der Waals surface area contributed by atoms with E-state index in [1.165, 1.54) is 12.8 Å². The molecule has 0 aliphatic rings. The minimum atomic E-state index is -0.348. The zero-order chi connectivity index (χ0) is 12.9. The van der Waals surface area contributed by atoms with Crippen LogP contribution in [0.15, 0.2) is 0 Å². The van der Waals surface area contributed by atoms with Gasteiger partial charge < -0.3 is 20.1 Å². The Balaban J connectivity index is 3.28. The van der Waals surface area contributed by atoms with Crippen molar-refractivity contribution in [3.05, 3.63) is 0 Å². The number of hydrogen-bond acceptors (Lipinski definition) is 4. The summed E-state index contributed by atoms with van der Waals surface area (Å²) in [7, 11) is 1.88. The summed E-state index contributed by atoms with van der Waals surface area (Å²) in [5.74, 6) is 0. The quantitative estimate of drug-likeness (QED) is 0.569. The lowest BCUT2D eigenvalue weighted by molar-refractivity contribution is 0.127. The zero-order valence-electron chi connectivity index (χ0n) is 11.1. The molecular formula is C12H26N2O3. The van der Waals surface area contributed by atoms with Crippen molar-refractivity contribution in [1.82, 2.24) is 10.2 Å². The summed E-state index contributed by atoms with van der Waals surface area (Å²) in [5, 5.41) is 11.4. The van der Waals surface area contributed by atoms with Gasteiger partial charge in [0.2, 0.25) is 0 Å². The van der Waals surface area contributed by atoms with Crippen molar-refractivity contribution in [3.63, 3.8) is 0 Å². The van der Waals surface area contributed by atoms with E-state index in [2.05, 4.69) is 12.2 Å². The Hall–Kier alpha value is -0.810. The van der Waals surface area contributed by atoms with Gasteiger partial charge in [-0.25, -0.2) is 4.79 Å². The molecule has 0 spiro atoms. The molecule has 0 radical (unpaired) electrons. The van der Waals surface area contributed by atoms with Crippen LogP contribution in [-0.2, 0) is 4.74 Å². The van der Waals surface area contributed by atoms with Crippen LogP contribution in [0.2, 0.25) is 0 Å². The van der Waals surface area contributed by atoms with Gasteiger partial charge in [-0.3, -0.25) is 0 Å². The lowest BCUT2D eigenvalue weighted by atomic mass is 10.2. The Kier molecular flexibility index (Phi) is 11.1. The molecule has 0 rings (SSSR count). The first-order valence-electron chi connectivity index (χ1n) is 6.40. The molecule has 0 aliphatic heterocycles. The smallest absolute Gasteiger partial charge is 0.407 e. The summed E-state index contributed by atoms with van der Waals surface area (Å²) in [6.07, 6.45) is 4.21. The van der Waals surface area contributed by atoms with Crippen molar-refractivity contribution < 1.29 is 14.6 Å². The molecule has 17 heavy (non-hydrogen) atoms. The average molecular weight is 246 g/mol. The van der Waals surface area contributed by atoms with Crippen molar-refractivity contribution in [2.24, 2.45) is 0 Å². The molecule has 0 heterocycles. The minimum Gasteiger partial charge on any atom is -0.448 e. The summed E-state index contributed by atoms with van der Waals surface area (Å²) in [5.41, 5.74) is 0. The van der Waals surface area contributed by atoms with E-state index < -0.39 is 0 Å². The first kappa shape index (κ1) is 16.2. The SMILES string of the molecule is CCCCCCNC(=O)OCCN(C)CCO. The number of unbranched alkanes of at least 4 members (excludes halogenated alkanes) is 3. The van der Waals surface area contributed by atoms with E-state index in [1.54, 1.807) is 0 Å². The highest BCUT2D eigenvalue weighted by molar-refractivity contribution is 5.66. The molecule has 2 N–H and O–H groups in total. The van der Waals surface area contributed by atoms with Crippen molar-refractivity contribution in [1.29, 1.82) is 0 Å². The van der Waals surface area contributed by atoms with Crippen LogP contribution in [0.5, 0.6) is 0 Å². The van der Waals surface area contributed by atoms with Gasteiger partial charge in [0.25, 0.3) is 0 Å². The molecule has 0 aromatic heterocycles. The predicted molar refractivity (Wildman–Crippen MR) is 68.1 cm³/mol. The van der Waals surface area contributed by atoms with Crippen molar-refractivity contribution in [3.8, 4) is 0 Å². The van der Waals surface area contributed by atoms with Crippen LogP contribution >= 0.6 is 0 Å². The van der Waals surface area contributed by atoms with Crippen LogP contribution < -0.4 is 5.32 Å². The largest absolute Gasteiger partial charge is 0.448 e. The predicted octanol–water partition coefficient (Wildman–Crippen LogP) is 1.22. The van der Waals surface area contributed by atoms with E-state index in [9.17, 15) is 4.79 Å². The van der Waals surface area contributed by atoms with E-state index in [1.807, 2.05) is 11.9 Å². The van der Waals surface area contributed by atoms with E-state index in [4.69, 9.17) is 9.84 Å². The second-order valence-corrected chi connectivity index (χ2v) is 4.15. The molecule has 0 atom stereocenters. The van der Waals surface area contributed by atoms with Crippen molar-refractivity contribution in [2.45, 2.75) is 32.6 Å². The fourth-order valence-corrected chi connectivity index (χ4v) is 1.37. The van der Waals surface area contributed by atoms with Gasteiger partial charge in [-0.15, -0.1) is 0 Å². The maximum atomic E-state index is 11.2. The standard InChI is InChI=1S/C12H26N2O3/c1-3-4-5-6-7-13-12(16)17-11-9-14(2)8-10-15/h15H,3-11H2,1-2H3,(H,13,16). The molecule has 5 heteroatoms.